The van der Waals surface area contributed by atoms with Crippen LogP contribution in [0.4, 0.5) is 0 Å². The molecule has 0 aliphatic rings. The number of aliphatic hydroxyl groups is 1. The number of carbonyl (C=O) groups excluding carboxylic acids is 1. The van der Waals surface area contributed by atoms with Gasteiger partial charge in [-0.3, -0.25) is 0 Å². The van der Waals surface area contributed by atoms with Crippen LogP contribution in [-0.4, -0.2) is 23.3 Å². The molecule has 0 radical (unpaired) electrons. The van der Waals surface area contributed by atoms with Gasteiger partial charge < -0.3 is 14.4 Å². The van der Waals surface area contributed by atoms with Gasteiger partial charge in [0.25, 0.3) is 0 Å². The number of hydrogen-bond acceptors (Lipinski definition) is 5. The Labute approximate surface area is 108 Å². The number of benzene rings is 1. The first-order valence-electron chi connectivity index (χ1n) is 5.09. The summed E-state index contributed by atoms with van der Waals surface area (Å²) in [6, 6.07) is 6.56. The number of halogens is 1. The van der Waals surface area contributed by atoms with E-state index in [-0.39, 0.29) is 11.3 Å². The minimum Gasteiger partial charge on any atom is -0.465 e. The molecule has 0 saturated heterocycles. The van der Waals surface area contributed by atoms with Crippen molar-refractivity contribution in [1.29, 1.82) is 0 Å². The van der Waals surface area contributed by atoms with Crippen LogP contribution in [-0.2, 0) is 4.74 Å². The highest BCUT2D eigenvalue weighted by Crippen LogP contribution is 2.25. The molecular formula is C12H10ClNO4. The fraction of sp³-hybridized carbons (Fsp3) is 0.167. The number of rotatable bonds is 3. The van der Waals surface area contributed by atoms with Crippen LogP contribution in [0.2, 0.25) is 5.02 Å². The summed E-state index contributed by atoms with van der Waals surface area (Å²) >= 11 is 5.76. The number of nitrogens with zero attached hydrogens (tertiary/aromatic N) is 1. The Bertz CT molecular complexity index is 549. The maximum absolute atomic E-state index is 11.4. The number of hydrogen-bond donors (Lipinski definition) is 1. The molecule has 18 heavy (non-hydrogen) atoms. The van der Waals surface area contributed by atoms with Gasteiger partial charge in [0.05, 0.1) is 7.11 Å². The van der Waals surface area contributed by atoms with E-state index in [2.05, 4.69) is 9.89 Å². The lowest BCUT2D eigenvalue weighted by molar-refractivity contribution is 0.0595. The monoisotopic (exact) mass is 267 g/mol. The van der Waals surface area contributed by atoms with Crippen molar-refractivity contribution in [3.63, 3.8) is 0 Å². The number of carbonyl (C=O) groups is 1. The normalized spacial score (nSPS) is 12.2. The van der Waals surface area contributed by atoms with Crippen LogP contribution in [0.5, 0.6) is 0 Å². The molecule has 5 nitrogen and oxygen atoms in total. The number of esters is 1. The van der Waals surface area contributed by atoms with Crippen LogP contribution in [0.25, 0.3) is 0 Å². The zero-order valence-corrected chi connectivity index (χ0v) is 10.2. The molecule has 0 aliphatic heterocycles. The molecule has 0 unspecified atom stereocenters. The Morgan fingerprint density at radius 2 is 2.11 bits per heavy atom. The van der Waals surface area contributed by atoms with Crippen LogP contribution in [0.3, 0.4) is 0 Å². The van der Waals surface area contributed by atoms with Gasteiger partial charge in [-0.25, -0.2) is 4.79 Å². The van der Waals surface area contributed by atoms with Gasteiger partial charge in [0.15, 0.2) is 0 Å². The second-order valence-corrected chi connectivity index (χ2v) is 4.00. The lowest BCUT2D eigenvalue weighted by Gasteiger charge is -2.09. The summed E-state index contributed by atoms with van der Waals surface area (Å²) in [6.07, 6.45) is 0.0652. The highest BCUT2D eigenvalue weighted by Gasteiger charge is 2.23. The van der Waals surface area contributed by atoms with Gasteiger partial charge >= 0.3 is 5.97 Å². The number of methoxy groups -OCH3 is 1. The van der Waals surface area contributed by atoms with E-state index in [9.17, 15) is 9.90 Å². The highest BCUT2D eigenvalue weighted by molar-refractivity contribution is 6.30. The second-order valence-electron chi connectivity index (χ2n) is 3.56. The minimum absolute atomic E-state index is 0.0972. The first-order valence-corrected chi connectivity index (χ1v) is 5.47. The molecule has 94 valence electrons. The van der Waals surface area contributed by atoms with E-state index >= 15 is 0 Å². The van der Waals surface area contributed by atoms with E-state index < -0.39 is 12.1 Å². The number of aliphatic hydroxyl groups excluding tert-OH is 1. The third-order valence-electron chi connectivity index (χ3n) is 2.45. The summed E-state index contributed by atoms with van der Waals surface area (Å²) in [6.45, 7) is 0. The predicted octanol–water partition coefficient (Wildman–Crippen LogP) is 2.20. The molecule has 0 aliphatic carbocycles. The molecule has 0 amide bonds. The van der Waals surface area contributed by atoms with Crippen LogP contribution in [0.15, 0.2) is 35.1 Å². The topological polar surface area (TPSA) is 72.6 Å². The van der Waals surface area contributed by atoms with E-state index in [4.69, 9.17) is 16.1 Å². The maximum Gasteiger partial charge on any atom is 0.343 e. The van der Waals surface area contributed by atoms with Crippen molar-refractivity contribution in [3.8, 4) is 0 Å². The lowest BCUT2D eigenvalue weighted by atomic mass is 10.0. The van der Waals surface area contributed by atoms with Crippen molar-refractivity contribution in [2.24, 2.45) is 0 Å². The first-order chi connectivity index (χ1) is 8.63. The Hall–Kier alpha value is -1.85. The van der Waals surface area contributed by atoms with Crippen molar-refractivity contribution in [2.75, 3.05) is 7.11 Å². The van der Waals surface area contributed by atoms with Crippen molar-refractivity contribution >= 4 is 17.6 Å². The van der Waals surface area contributed by atoms with Crippen LogP contribution in [0.1, 0.15) is 27.7 Å². The molecule has 0 saturated carbocycles. The van der Waals surface area contributed by atoms with Gasteiger partial charge in [0, 0.05) is 5.02 Å². The highest BCUT2D eigenvalue weighted by atomic mass is 35.5. The average molecular weight is 268 g/mol. The van der Waals surface area contributed by atoms with E-state index in [1.165, 1.54) is 7.11 Å². The summed E-state index contributed by atoms with van der Waals surface area (Å²) < 4.78 is 9.27. The third kappa shape index (κ3) is 2.37. The van der Waals surface area contributed by atoms with Gasteiger partial charge in [0.2, 0.25) is 0 Å². The van der Waals surface area contributed by atoms with E-state index in [1.807, 2.05) is 0 Å². The Morgan fingerprint density at radius 3 is 2.72 bits per heavy atom. The number of aromatic nitrogens is 1. The zero-order chi connectivity index (χ0) is 13.1. The van der Waals surface area contributed by atoms with Crippen LogP contribution in [0, 0.1) is 0 Å². The summed E-state index contributed by atoms with van der Waals surface area (Å²) in [5, 5.41) is 14.3. The number of ether oxygens (including phenoxy) is 1. The molecular weight excluding hydrogens is 258 g/mol. The molecule has 2 rings (SSSR count). The van der Waals surface area contributed by atoms with Gasteiger partial charge in [-0.1, -0.05) is 28.9 Å². The SMILES string of the molecule is COC(=O)c1conc1[C@@H](O)c1ccc(Cl)cc1. The molecule has 0 bridgehead atoms. The summed E-state index contributed by atoms with van der Waals surface area (Å²) in [7, 11) is 1.24. The average Bonchev–Trinajstić information content (AvgIpc) is 2.87. The van der Waals surface area contributed by atoms with Crippen molar-refractivity contribution in [2.45, 2.75) is 6.10 Å². The summed E-state index contributed by atoms with van der Waals surface area (Å²) in [5.74, 6) is -0.612. The van der Waals surface area contributed by atoms with Gasteiger partial charge in [-0.15, -0.1) is 0 Å². The molecule has 0 spiro atoms. The summed E-state index contributed by atoms with van der Waals surface area (Å²) in [4.78, 5) is 11.4. The predicted molar refractivity (Wildman–Crippen MR) is 63.4 cm³/mol. The van der Waals surface area contributed by atoms with E-state index in [1.54, 1.807) is 24.3 Å². The fourth-order valence-electron chi connectivity index (χ4n) is 1.51. The first kappa shape index (κ1) is 12.6. The summed E-state index contributed by atoms with van der Waals surface area (Å²) in [5.41, 5.74) is 0.766. The molecule has 2 aromatic rings. The quantitative estimate of drug-likeness (QED) is 0.863. The van der Waals surface area contributed by atoms with Gasteiger partial charge in [0.1, 0.15) is 23.6 Å². The molecule has 0 fully saturated rings. The van der Waals surface area contributed by atoms with Crippen molar-refractivity contribution in [1.82, 2.24) is 5.16 Å². The molecule has 6 heteroatoms. The molecule has 1 heterocycles. The van der Waals surface area contributed by atoms with Gasteiger partial charge in [-0.05, 0) is 17.7 Å². The second kappa shape index (κ2) is 5.20. The smallest absolute Gasteiger partial charge is 0.343 e. The fourth-order valence-corrected chi connectivity index (χ4v) is 1.63. The van der Waals surface area contributed by atoms with Crippen molar-refractivity contribution in [3.05, 3.63) is 52.4 Å². The van der Waals surface area contributed by atoms with Gasteiger partial charge in [-0.2, -0.15) is 0 Å². The minimum atomic E-state index is -1.07. The zero-order valence-electron chi connectivity index (χ0n) is 9.46. The Kier molecular flexibility index (Phi) is 3.64. The Balaban J connectivity index is 2.34. The maximum atomic E-state index is 11.4. The molecule has 1 aromatic carbocycles. The van der Waals surface area contributed by atoms with E-state index in [0.29, 0.717) is 10.6 Å². The Morgan fingerprint density at radius 1 is 1.44 bits per heavy atom. The van der Waals surface area contributed by atoms with Crippen molar-refractivity contribution < 1.29 is 19.2 Å². The van der Waals surface area contributed by atoms with Crippen LogP contribution < -0.4 is 0 Å². The third-order valence-corrected chi connectivity index (χ3v) is 2.70. The lowest BCUT2D eigenvalue weighted by Crippen LogP contribution is -2.08. The van der Waals surface area contributed by atoms with Crippen LogP contribution >= 0.6 is 11.6 Å². The largest absolute Gasteiger partial charge is 0.465 e. The molecule has 1 N–H and O–H groups in total. The molecule has 1 aromatic heterocycles. The standard InChI is InChI=1S/C12H10ClNO4/c1-17-12(16)9-6-18-14-10(9)11(15)7-2-4-8(13)5-3-7/h2-6,11,15H,1H3/t11-/m0/s1. The molecule has 1 atom stereocenters. The van der Waals surface area contributed by atoms with E-state index in [0.717, 1.165) is 6.26 Å².